The number of carbonyl (C=O) groups excluding carboxylic acids is 1. The molecule has 0 bridgehead atoms. The van der Waals surface area contributed by atoms with E-state index in [4.69, 9.17) is 5.73 Å². The Balaban J connectivity index is 2.00. The molecule has 3 N–H and O–H groups in total. The van der Waals surface area contributed by atoms with E-state index >= 15 is 0 Å². The van der Waals surface area contributed by atoms with Gasteiger partial charge in [-0.25, -0.2) is 0 Å². The van der Waals surface area contributed by atoms with Crippen molar-refractivity contribution in [1.29, 1.82) is 0 Å². The first-order valence-corrected chi connectivity index (χ1v) is 3.70. The second-order valence-corrected chi connectivity index (χ2v) is 2.98. The zero-order chi connectivity index (χ0) is 7.56. The van der Waals surface area contributed by atoms with Crippen molar-refractivity contribution in [1.82, 2.24) is 5.32 Å². The van der Waals surface area contributed by atoms with Crippen molar-refractivity contribution in [3.05, 3.63) is 0 Å². The molecule has 0 aromatic rings. The average molecular weight is 142 g/mol. The minimum Gasteiger partial charge on any atom is -0.355 e. The van der Waals surface area contributed by atoms with Crippen LogP contribution in [-0.4, -0.2) is 19.0 Å². The van der Waals surface area contributed by atoms with Gasteiger partial charge in [0.05, 0.1) is 6.54 Å². The molecule has 1 saturated carbocycles. The highest BCUT2D eigenvalue weighted by Gasteiger charge is 2.32. The molecule has 0 aromatic carbocycles. The monoisotopic (exact) mass is 142 g/mol. The Morgan fingerprint density at radius 1 is 1.80 bits per heavy atom. The minimum absolute atomic E-state index is 0.0425. The summed E-state index contributed by atoms with van der Waals surface area (Å²) in [5.41, 5.74) is 5.10. The molecular weight excluding hydrogens is 128 g/mol. The standard InChI is InChI=1S/C7H14N2O/c1-5-2-6(5)4-9-7(10)3-8/h5-6H,2-4,8H2,1H3,(H,9,10)/t5-,6+/m0/s1. The smallest absolute Gasteiger partial charge is 0.233 e. The van der Waals surface area contributed by atoms with Crippen LogP contribution in [0.25, 0.3) is 0 Å². The lowest BCUT2D eigenvalue weighted by atomic mass is 10.3. The first kappa shape index (κ1) is 7.54. The Morgan fingerprint density at radius 2 is 2.40 bits per heavy atom. The molecule has 0 saturated heterocycles. The van der Waals surface area contributed by atoms with Gasteiger partial charge in [0, 0.05) is 6.54 Å². The molecular formula is C7H14N2O. The van der Waals surface area contributed by atoms with E-state index < -0.39 is 0 Å². The van der Waals surface area contributed by atoms with E-state index in [0.717, 1.165) is 18.4 Å². The Hall–Kier alpha value is -0.570. The SMILES string of the molecule is C[C@H]1C[C@@H]1CNC(=O)CN. The number of nitrogens with two attached hydrogens (primary N) is 1. The highest BCUT2D eigenvalue weighted by atomic mass is 16.1. The molecule has 0 aromatic heterocycles. The molecule has 0 radical (unpaired) electrons. The lowest BCUT2D eigenvalue weighted by molar-refractivity contribution is -0.119. The Bertz CT molecular complexity index is 136. The van der Waals surface area contributed by atoms with Crippen LogP contribution in [-0.2, 0) is 4.79 Å². The van der Waals surface area contributed by atoms with Crippen molar-refractivity contribution in [2.75, 3.05) is 13.1 Å². The van der Waals surface area contributed by atoms with Crippen LogP contribution in [0.5, 0.6) is 0 Å². The molecule has 1 aliphatic rings. The van der Waals surface area contributed by atoms with Crippen LogP contribution >= 0.6 is 0 Å². The quantitative estimate of drug-likeness (QED) is 0.569. The van der Waals surface area contributed by atoms with Gasteiger partial charge in [0.15, 0.2) is 0 Å². The van der Waals surface area contributed by atoms with Gasteiger partial charge in [0.2, 0.25) is 5.91 Å². The van der Waals surface area contributed by atoms with E-state index in [1.807, 2.05) is 0 Å². The van der Waals surface area contributed by atoms with Gasteiger partial charge in [0.1, 0.15) is 0 Å². The number of amides is 1. The Labute approximate surface area is 61.0 Å². The maximum Gasteiger partial charge on any atom is 0.233 e. The number of hydrogen-bond acceptors (Lipinski definition) is 2. The van der Waals surface area contributed by atoms with Gasteiger partial charge in [0.25, 0.3) is 0 Å². The summed E-state index contributed by atoms with van der Waals surface area (Å²) in [6.45, 7) is 3.12. The summed E-state index contributed by atoms with van der Waals surface area (Å²) in [6, 6.07) is 0. The van der Waals surface area contributed by atoms with Crippen LogP contribution in [0.4, 0.5) is 0 Å². The van der Waals surface area contributed by atoms with E-state index in [-0.39, 0.29) is 12.5 Å². The van der Waals surface area contributed by atoms with E-state index in [1.165, 1.54) is 6.42 Å². The van der Waals surface area contributed by atoms with Gasteiger partial charge < -0.3 is 11.1 Å². The lowest BCUT2D eigenvalue weighted by Crippen LogP contribution is -2.31. The van der Waals surface area contributed by atoms with Gasteiger partial charge in [-0.1, -0.05) is 6.92 Å². The van der Waals surface area contributed by atoms with Gasteiger partial charge in [-0.2, -0.15) is 0 Å². The van der Waals surface area contributed by atoms with Crippen LogP contribution in [0.3, 0.4) is 0 Å². The van der Waals surface area contributed by atoms with Crippen LogP contribution < -0.4 is 11.1 Å². The van der Waals surface area contributed by atoms with Crippen molar-refractivity contribution in [2.24, 2.45) is 17.6 Å². The fourth-order valence-electron chi connectivity index (χ4n) is 1.00. The van der Waals surface area contributed by atoms with Crippen molar-refractivity contribution in [2.45, 2.75) is 13.3 Å². The minimum atomic E-state index is -0.0425. The first-order valence-electron chi connectivity index (χ1n) is 3.70. The van der Waals surface area contributed by atoms with E-state index in [0.29, 0.717) is 0 Å². The van der Waals surface area contributed by atoms with E-state index in [1.54, 1.807) is 0 Å². The van der Waals surface area contributed by atoms with Crippen LogP contribution in [0.1, 0.15) is 13.3 Å². The molecule has 0 spiro atoms. The van der Waals surface area contributed by atoms with Gasteiger partial charge in [-0.15, -0.1) is 0 Å². The zero-order valence-electron chi connectivity index (χ0n) is 6.26. The van der Waals surface area contributed by atoms with Crippen molar-refractivity contribution < 1.29 is 4.79 Å². The van der Waals surface area contributed by atoms with E-state index in [9.17, 15) is 4.79 Å². The molecule has 0 heterocycles. The summed E-state index contributed by atoms with van der Waals surface area (Å²) < 4.78 is 0. The Morgan fingerprint density at radius 3 is 2.80 bits per heavy atom. The van der Waals surface area contributed by atoms with E-state index in [2.05, 4.69) is 12.2 Å². The van der Waals surface area contributed by atoms with Gasteiger partial charge >= 0.3 is 0 Å². The highest BCUT2D eigenvalue weighted by Crippen LogP contribution is 2.36. The normalized spacial score (nSPS) is 29.8. The summed E-state index contributed by atoms with van der Waals surface area (Å²) >= 11 is 0. The molecule has 3 nitrogen and oxygen atoms in total. The highest BCUT2D eigenvalue weighted by molar-refractivity contribution is 5.77. The van der Waals surface area contributed by atoms with Gasteiger partial charge in [-0.05, 0) is 18.3 Å². The number of nitrogens with one attached hydrogen (secondary N) is 1. The fourth-order valence-corrected chi connectivity index (χ4v) is 1.00. The number of hydrogen-bond donors (Lipinski definition) is 2. The van der Waals surface area contributed by atoms with Crippen LogP contribution in [0.2, 0.25) is 0 Å². The molecule has 0 unspecified atom stereocenters. The first-order chi connectivity index (χ1) is 4.74. The molecule has 0 aliphatic heterocycles. The predicted molar refractivity (Wildman–Crippen MR) is 39.3 cm³/mol. The third kappa shape index (κ3) is 1.99. The third-order valence-corrected chi connectivity index (χ3v) is 2.02. The van der Waals surface area contributed by atoms with Crippen LogP contribution in [0, 0.1) is 11.8 Å². The molecule has 1 aliphatic carbocycles. The summed E-state index contributed by atoms with van der Waals surface area (Å²) in [5, 5.41) is 2.76. The molecule has 1 fully saturated rings. The Kier molecular flexibility index (Phi) is 2.27. The molecule has 2 atom stereocenters. The maximum absolute atomic E-state index is 10.6. The molecule has 1 amide bonds. The average Bonchev–Trinajstić information content (AvgIpc) is 2.61. The summed E-state index contributed by atoms with van der Waals surface area (Å²) in [5.74, 6) is 1.48. The largest absolute Gasteiger partial charge is 0.355 e. The summed E-state index contributed by atoms with van der Waals surface area (Å²) in [6.07, 6.45) is 1.25. The molecule has 3 heteroatoms. The fraction of sp³-hybridized carbons (Fsp3) is 0.857. The third-order valence-electron chi connectivity index (χ3n) is 2.02. The second kappa shape index (κ2) is 3.01. The van der Waals surface area contributed by atoms with Crippen LogP contribution in [0.15, 0.2) is 0 Å². The number of rotatable bonds is 3. The topological polar surface area (TPSA) is 55.1 Å². The zero-order valence-corrected chi connectivity index (χ0v) is 6.26. The van der Waals surface area contributed by atoms with Crippen molar-refractivity contribution >= 4 is 5.91 Å². The maximum atomic E-state index is 10.6. The predicted octanol–water partition coefficient (Wildman–Crippen LogP) is -0.283. The lowest BCUT2D eigenvalue weighted by Gasteiger charge is -1.99. The van der Waals surface area contributed by atoms with Crippen molar-refractivity contribution in [3.63, 3.8) is 0 Å². The van der Waals surface area contributed by atoms with Crippen molar-refractivity contribution in [3.8, 4) is 0 Å². The second-order valence-electron chi connectivity index (χ2n) is 2.98. The molecule has 1 rings (SSSR count). The van der Waals surface area contributed by atoms with Gasteiger partial charge in [-0.3, -0.25) is 4.79 Å². The molecule has 58 valence electrons. The summed E-state index contributed by atoms with van der Waals surface area (Å²) in [4.78, 5) is 10.6. The molecule has 10 heavy (non-hydrogen) atoms. The number of carbonyl (C=O) groups is 1. The summed E-state index contributed by atoms with van der Waals surface area (Å²) in [7, 11) is 0.